The van der Waals surface area contributed by atoms with Crippen LogP contribution in [0.25, 0.3) is 0 Å². The zero-order valence-electron chi connectivity index (χ0n) is 15.0. The standard InChI is InChI=1S/C19H18N6O2/c1-12-20-16-4-3-5-17-23-15(24-19(21-12)25(16)17)10-11-18(26)22-13-6-8-14(27-2)9-7-13/h3-9H,10-11H2,1-2H3,(H,22,26). The molecule has 0 unspecified atom stereocenters. The number of nitrogens with zero attached hydrogens (tertiary/aromatic N) is 5. The van der Waals surface area contributed by atoms with E-state index in [2.05, 4.69) is 25.3 Å². The molecule has 8 nitrogen and oxygen atoms in total. The lowest BCUT2D eigenvalue weighted by atomic mass is 10.2. The summed E-state index contributed by atoms with van der Waals surface area (Å²) in [6.45, 7) is 1.83. The molecule has 0 radical (unpaired) electrons. The third-order valence-corrected chi connectivity index (χ3v) is 4.11. The summed E-state index contributed by atoms with van der Waals surface area (Å²) < 4.78 is 5.11. The molecule has 136 valence electrons. The third kappa shape index (κ3) is 3.55. The van der Waals surface area contributed by atoms with Crippen LogP contribution >= 0.6 is 0 Å². The topological polar surface area (TPSA) is 91.0 Å². The highest BCUT2D eigenvalue weighted by atomic mass is 16.5. The van der Waals surface area contributed by atoms with Gasteiger partial charge in [0.05, 0.1) is 7.11 Å². The van der Waals surface area contributed by atoms with Crippen LogP contribution in [-0.4, -0.2) is 41.4 Å². The number of guanidine groups is 1. The molecule has 8 heteroatoms. The Kier molecular flexibility index (Phi) is 4.37. The minimum Gasteiger partial charge on any atom is -0.497 e. The summed E-state index contributed by atoms with van der Waals surface area (Å²) in [4.78, 5) is 31.8. The predicted molar refractivity (Wildman–Crippen MR) is 105 cm³/mol. The van der Waals surface area contributed by atoms with E-state index in [-0.39, 0.29) is 12.3 Å². The fourth-order valence-corrected chi connectivity index (χ4v) is 2.83. The highest BCUT2D eigenvalue weighted by Gasteiger charge is 2.29. The first-order valence-electron chi connectivity index (χ1n) is 8.55. The number of benzene rings is 1. The van der Waals surface area contributed by atoms with Gasteiger partial charge in [-0.2, -0.15) is 9.98 Å². The lowest BCUT2D eigenvalue weighted by molar-refractivity contribution is -0.116. The smallest absolute Gasteiger partial charge is 0.240 e. The maximum absolute atomic E-state index is 12.2. The van der Waals surface area contributed by atoms with Gasteiger partial charge >= 0.3 is 0 Å². The van der Waals surface area contributed by atoms with Crippen molar-refractivity contribution in [2.24, 2.45) is 20.0 Å². The van der Waals surface area contributed by atoms with Crippen LogP contribution in [0.1, 0.15) is 19.8 Å². The van der Waals surface area contributed by atoms with E-state index in [1.807, 2.05) is 25.2 Å². The SMILES string of the molecule is COc1ccc(NC(=O)CCC2=NC3=CC=CC4=NC(C)=NC(=N2)N34)cc1. The number of allylic oxidation sites excluding steroid dienone is 2. The first-order chi connectivity index (χ1) is 13.1. The van der Waals surface area contributed by atoms with E-state index in [1.165, 1.54) is 0 Å². The molecule has 3 aliphatic rings. The lowest BCUT2D eigenvalue weighted by Gasteiger charge is -2.30. The van der Waals surface area contributed by atoms with Gasteiger partial charge in [0.25, 0.3) is 0 Å². The molecule has 1 aromatic rings. The third-order valence-electron chi connectivity index (χ3n) is 4.11. The molecule has 1 amide bonds. The monoisotopic (exact) mass is 362 g/mol. The van der Waals surface area contributed by atoms with Gasteiger partial charge in [0.15, 0.2) is 0 Å². The Labute approximate surface area is 156 Å². The van der Waals surface area contributed by atoms with Gasteiger partial charge in [0, 0.05) is 18.5 Å². The van der Waals surface area contributed by atoms with Gasteiger partial charge in [0.2, 0.25) is 11.9 Å². The number of amides is 1. The Balaban J connectivity index is 1.42. The van der Waals surface area contributed by atoms with Gasteiger partial charge in [-0.15, -0.1) is 0 Å². The fraction of sp³-hybridized carbons (Fsp3) is 0.211. The summed E-state index contributed by atoms with van der Waals surface area (Å²) >= 11 is 0. The van der Waals surface area contributed by atoms with Crippen molar-refractivity contribution in [2.75, 3.05) is 12.4 Å². The molecule has 0 fully saturated rings. The minimum absolute atomic E-state index is 0.103. The number of amidine groups is 3. The fourth-order valence-electron chi connectivity index (χ4n) is 2.83. The number of ether oxygens (including phenoxy) is 1. The van der Waals surface area contributed by atoms with Crippen molar-refractivity contribution in [2.45, 2.75) is 19.8 Å². The molecule has 0 aliphatic carbocycles. The van der Waals surface area contributed by atoms with Crippen LogP contribution < -0.4 is 10.1 Å². The molecular weight excluding hydrogens is 344 g/mol. The summed E-state index contributed by atoms with van der Waals surface area (Å²) in [5, 5.41) is 2.86. The number of carbonyl (C=O) groups is 1. The summed E-state index contributed by atoms with van der Waals surface area (Å²) in [7, 11) is 1.60. The van der Waals surface area contributed by atoms with E-state index in [1.54, 1.807) is 36.3 Å². The van der Waals surface area contributed by atoms with Crippen LogP contribution in [0, 0.1) is 0 Å². The molecule has 0 spiro atoms. The summed E-state index contributed by atoms with van der Waals surface area (Å²) in [5.74, 6) is 3.85. The summed E-state index contributed by atoms with van der Waals surface area (Å²) in [6, 6.07) is 7.19. The van der Waals surface area contributed by atoms with Gasteiger partial charge in [-0.3, -0.25) is 4.79 Å². The number of nitrogens with one attached hydrogen (secondary N) is 1. The second-order valence-corrected chi connectivity index (χ2v) is 6.06. The summed E-state index contributed by atoms with van der Waals surface area (Å²) in [5.41, 5.74) is 0.720. The van der Waals surface area contributed by atoms with Crippen LogP contribution in [0.15, 0.2) is 68.3 Å². The maximum Gasteiger partial charge on any atom is 0.240 e. The molecule has 27 heavy (non-hydrogen) atoms. The Morgan fingerprint density at radius 1 is 1.15 bits per heavy atom. The molecule has 1 N–H and O–H groups in total. The van der Waals surface area contributed by atoms with Gasteiger partial charge in [-0.1, -0.05) is 6.08 Å². The zero-order chi connectivity index (χ0) is 18.8. The van der Waals surface area contributed by atoms with E-state index in [0.717, 1.165) is 17.3 Å². The Morgan fingerprint density at radius 3 is 2.74 bits per heavy atom. The average Bonchev–Trinajstić information content (AvgIpc) is 2.67. The number of hydrogen-bond donors (Lipinski definition) is 1. The van der Waals surface area contributed by atoms with E-state index in [4.69, 9.17) is 4.74 Å². The van der Waals surface area contributed by atoms with Gasteiger partial charge in [0.1, 0.15) is 29.1 Å². The second-order valence-electron chi connectivity index (χ2n) is 6.06. The second kappa shape index (κ2) is 6.99. The molecule has 1 aromatic carbocycles. The van der Waals surface area contributed by atoms with Crippen molar-refractivity contribution >= 4 is 35.1 Å². The summed E-state index contributed by atoms with van der Waals surface area (Å²) in [6.07, 6.45) is 6.35. The molecule has 0 bridgehead atoms. The Hall–Kier alpha value is -3.55. The van der Waals surface area contributed by atoms with Crippen LogP contribution in [0.5, 0.6) is 5.75 Å². The first kappa shape index (κ1) is 16.9. The molecule has 4 rings (SSSR count). The van der Waals surface area contributed by atoms with Gasteiger partial charge in [-0.05, 0) is 43.3 Å². The van der Waals surface area contributed by atoms with E-state index in [9.17, 15) is 4.79 Å². The number of anilines is 1. The Bertz CT molecular complexity index is 966. The molecule has 0 atom stereocenters. The van der Waals surface area contributed by atoms with Gasteiger partial charge < -0.3 is 10.1 Å². The first-order valence-corrected chi connectivity index (χ1v) is 8.55. The molecule has 3 heterocycles. The van der Waals surface area contributed by atoms with Crippen LogP contribution in [0.3, 0.4) is 0 Å². The largest absolute Gasteiger partial charge is 0.497 e. The van der Waals surface area contributed by atoms with Gasteiger partial charge in [-0.25, -0.2) is 14.9 Å². The van der Waals surface area contributed by atoms with E-state index in [0.29, 0.717) is 29.9 Å². The predicted octanol–water partition coefficient (Wildman–Crippen LogP) is 2.73. The molecule has 3 aliphatic heterocycles. The van der Waals surface area contributed by atoms with Crippen molar-refractivity contribution in [3.63, 3.8) is 0 Å². The average molecular weight is 362 g/mol. The van der Waals surface area contributed by atoms with Crippen molar-refractivity contribution in [1.29, 1.82) is 0 Å². The molecule has 0 saturated carbocycles. The van der Waals surface area contributed by atoms with Crippen molar-refractivity contribution in [1.82, 2.24) is 4.90 Å². The normalized spacial score (nSPS) is 17.1. The highest BCUT2D eigenvalue weighted by molar-refractivity contribution is 6.20. The lowest BCUT2D eigenvalue weighted by Crippen LogP contribution is -2.41. The number of methoxy groups -OCH3 is 1. The van der Waals surface area contributed by atoms with E-state index >= 15 is 0 Å². The van der Waals surface area contributed by atoms with E-state index < -0.39 is 0 Å². The number of hydrogen-bond acceptors (Lipinski definition) is 7. The van der Waals surface area contributed by atoms with Crippen LogP contribution in [0.4, 0.5) is 5.69 Å². The maximum atomic E-state index is 12.2. The molecular formula is C19H18N6O2. The Morgan fingerprint density at radius 2 is 1.96 bits per heavy atom. The van der Waals surface area contributed by atoms with Crippen molar-refractivity contribution in [3.05, 3.63) is 48.3 Å². The number of rotatable bonds is 5. The van der Waals surface area contributed by atoms with Crippen molar-refractivity contribution in [3.8, 4) is 5.75 Å². The number of aliphatic imine (C=N–C) groups is 4. The minimum atomic E-state index is -0.103. The molecule has 0 saturated heterocycles. The molecule has 0 aromatic heterocycles. The van der Waals surface area contributed by atoms with Crippen LogP contribution in [0.2, 0.25) is 0 Å². The van der Waals surface area contributed by atoms with Crippen molar-refractivity contribution < 1.29 is 9.53 Å². The zero-order valence-corrected chi connectivity index (χ0v) is 15.0. The van der Waals surface area contributed by atoms with Crippen LogP contribution in [-0.2, 0) is 4.79 Å². The quantitative estimate of drug-likeness (QED) is 0.873. The highest BCUT2D eigenvalue weighted by Crippen LogP contribution is 2.23. The number of carbonyl (C=O) groups excluding carboxylic acids is 1.